The van der Waals surface area contributed by atoms with Crippen LogP contribution in [0.4, 0.5) is 0 Å². The molecule has 0 rings (SSSR count). The van der Waals surface area contributed by atoms with E-state index in [0.29, 0.717) is 30.4 Å². The standard InChI is InChI=1S/C22H45NO2/c1-17(15-21(3,4)5)11-12-19(18(2)16-22(6,7)8)20(24)23-13-10-14-25-9/h17-19H,10-16H2,1-9H3,(H,23,24). The summed E-state index contributed by atoms with van der Waals surface area (Å²) in [5.74, 6) is 1.41. The molecule has 0 aromatic carbocycles. The fourth-order valence-electron chi connectivity index (χ4n) is 3.95. The zero-order valence-electron chi connectivity index (χ0n) is 18.5. The highest BCUT2D eigenvalue weighted by atomic mass is 16.5. The van der Waals surface area contributed by atoms with Crippen molar-refractivity contribution >= 4 is 5.91 Å². The average Bonchev–Trinajstić information content (AvgIpc) is 2.39. The Morgan fingerprint density at radius 2 is 1.52 bits per heavy atom. The van der Waals surface area contributed by atoms with Crippen molar-refractivity contribution in [3.05, 3.63) is 0 Å². The van der Waals surface area contributed by atoms with Crippen molar-refractivity contribution in [3.8, 4) is 0 Å². The molecule has 3 unspecified atom stereocenters. The predicted octanol–water partition coefficient (Wildman–Crippen LogP) is 5.68. The van der Waals surface area contributed by atoms with Crippen molar-refractivity contribution in [1.82, 2.24) is 5.32 Å². The molecule has 3 heteroatoms. The highest BCUT2D eigenvalue weighted by Crippen LogP contribution is 2.33. The largest absolute Gasteiger partial charge is 0.385 e. The van der Waals surface area contributed by atoms with Gasteiger partial charge in [0.2, 0.25) is 5.91 Å². The van der Waals surface area contributed by atoms with Gasteiger partial charge in [-0.15, -0.1) is 0 Å². The van der Waals surface area contributed by atoms with E-state index in [1.807, 2.05) is 0 Å². The molecule has 0 aromatic heterocycles. The van der Waals surface area contributed by atoms with Crippen molar-refractivity contribution in [2.45, 2.75) is 87.5 Å². The normalized spacial score (nSPS) is 16.4. The topological polar surface area (TPSA) is 38.3 Å². The third kappa shape index (κ3) is 13.3. The monoisotopic (exact) mass is 355 g/mol. The zero-order chi connectivity index (χ0) is 19.7. The van der Waals surface area contributed by atoms with Crippen LogP contribution in [0.5, 0.6) is 0 Å². The highest BCUT2D eigenvalue weighted by Gasteiger charge is 2.29. The number of rotatable bonds is 11. The van der Waals surface area contributed by atoms with Crippen molar-refractivity contribution in [1.29, 1.82) is 0 Å². The van der Waals surface area contributed by atoms with E-state index in [0.717, 1.165) is 25.7 Å². The van der Waals surface area contributed by atoms with E-state index < -0.39 is 0 Å². The van der Waals surface area contributed by atoms with E-state index in [1.54, 1.807) is 7.11 Å². The summed E-state index contributed by atoms with van der Waals surface area (Å²) in [6, 6.07) is 0. The minimum absolute atomic E-state index is 0.115. The first kappa shape index (κ1) is 24.4. The lowest BCUT2D eigenvalue weighted by atomic mass is 9.76. The molecule has 1 amide bonds. The summed E-state index contributed by atoms with van der Waals surface area (Å²) < 4.78 is 5.07. The molecule has 0 heterocycles. The Labute approximate surface area is 157 Å². The van der Waals surface area contributed by atoms with Crippen molar-refractivity contribution in [3.63, 3.8) is 0 Å². The second-order valence-electron chi connectivity index (χ2n) is 10.4. The summed E-state index contributed by atoms with van der Waals surface area (Å²) in [5, 5.41) is 3.14. The van der Waals surface area contributed by atoms with Crippen LogP contribution in [0.1, 0.15) is 87.5 Å². The van der Waals surface area contributed by atoms with Gasteiger partial charge in [-0.1, -0.05) is 55.4 Å². The summed E-state index contributed by atoms with van der Waals surface area (Å²) in [6.45, 7) is 19.7. The summed E-state index contributed by atoms with van der Waals surface area (Å²) in [6.07, 6.45) is 5.29. The Bertz CT molecular complexity index is 365. The van der Waals surface area contributed by atoms with Gasteiger partial charge in [0.15, 0.2) is 0 Å². The Morgan fingerprint density at radius 3 is 2.00 bits per heavy atom. The highest BCUT2D eigenvalue weighted by molar-refractivity contribution is 5.78. The molecule has 0 aliphatic carbocycles. The summed E-state index contributed by atoms with van der Waals surface area (Å²) in [5.41, 5.74) is 0.610. The maximum atomic E-state index is 12.8. The third-order valence-corrected chi connectivity index (χ3v) is 4.71. The van der Waals surface area contributed by atoms with Crippen molar-refractivity contribution in [2.75, 3.05) is 20.3 Å². The van der Waals surface area contributed by atoms with Gasteiger partial charge in [0.05, 0.1) is 0 Å². The van der Waals surface area contributed by atoms with Crippen molar-refractivity contribution in [2.24, 2.45) is 28.6 Å². The molecule has 0 spiro atoms. The van der Waals surface area contributed by atoms with Crippen LogP contribution in [0.25, 0.3) is 0 Å². The van der Waals surface area contributed by atoms with E-state index >= 15 is 0 Å². The Morgan fingerprint density at radius 1 is 0.960 bits per heavy atom. The summed E-state index contributed by atoms with van der Waals surface area (Å²) in [4.78, 5) is 12.8. The molecule has 0 aliphatic heterocycles. The number of hydrogen-bond donors (Lipinski definition) is 1. The first-order valence-corrected chi connectivity index (χ1v) is 10.1. The molecule has 0 radical (unpaired) electrons. The molecule has 25 heavy (non-hydrogen) atoms. The van der Waals surface area contributed by atoms with E-state index in [-0.39, 0.29) is 17.2 Å². The number of hydrogen-bond acceptors (Lipinski definition) is 2. The number of carbonyl (C=O) groups is 1. The molecule has 0 bridgehead atoms. The van der Waals surface area contributed by atoms with Crippen LogP contribution in [0, 0.1) is 28.6 Å². The zero-order valence-corrected chi connectivity index (χ0v) is 18.5. The SMILES string of the molecule is COCCCNC(=O)C(CCC(C)CC(C)(C)C)C(C)CC(C)(C)C. The van der Waals surface area contributed by atoms with Gasteiger partial charge in [0, 0.05) is 26.2 Å². The molecule has 3 atom stereocenters. The first-order chi connectivity index (χ1) is 11.4. The molecule has 0 saturated carbocycles. The fourth-order valence-corrected chi connectivity index (χ4v) is 3.95. The smallest absolute Gasteiger partial charge is 0.223 e. The molecule has 1 N–H and O–H groups in total. The van der Waals surface area contributed by atoms with Gasteiger partial charge in [-0.3, -0.25) is 4.79 Å². The fraction of sp³-hybridized carbons (Fsp3) is 0.955. The molecule has 0 aliphatic rings. The number of methoxy groups -OCH3 is 1. The van der Waals surface area contributed by atoms with Gasteiger partial charge in [0.25, 0.3) is 0 Å². The van der Waals surface area contributed by atoms with Gasteiger partial charge in [-0.05, 0) is 54.8 Å². The van der Waals surface area contributed by atoms with Crippen LogP contribution >= 0.6 is 0 Å². The van der Waals surface area contributed by atoms with Crippen LogP contribution in [0.3, 0.4) is 0 Å². The summed E-state index contributed by atoms with van der Waals surface area (Å²) >= 11 is 0. The van der Waals surface area contributed by atoms with Crippen LogP contribution in [-0.2, 0) is 9.53 Å². The quantitative estimate of drug-likeness (QED) is 0.484. The van der Waals surface area contributed by atoms with E-state index in [4.69, 9.17) is 4.74 Å². The van der Waals surface area contributed by atoms with Crippen LogP contribution < -0.4 is 5.32 Å². The second kappa shape index (κ2) is 11.2. The van der Waals surface area contributed by atoms with Gasteiger partial charge < -0.3 is 10.1 Å². The number of nitrogens with one attached hydrogen (secondary N) is 1. The maximum absolute atomic E-state index is 12.8. The van der Waals surface area contributed by atoms with Gasteiger partial charge in [-0.2, -0.15) is 0 Å². The van der Waals surface area contributed by atoms with Gasteiger partial charge >= 0.3 is 0 Å². The predicted molar refractivity (Wildman–Crippen MR) is 109 cm³/mol. The summed E-state index contributed by atoms with van der Waals surface area (Å²) in [7, 11) is 1.70. The second-order valence-corrected chi connectivity index (χ2v) is 10.4. The third-order valence-electron chi connectivity index (χ3n) is 4.71. The number of ether oxygens (including phenoxy) is 1. The number of carbonyl (C=O) groups excluding carboxylic acids is 1. The molecular formula is C22H45NO2. The minimum atomic E-state index is 0.115. The lowest BCUT2D eigenvalue weighted by molar-refractivity contribution is -0.127. The first-order valence-electron chi connectivity index (χ1n) is 10.1. The minimum Gasteiger partial charge on any atom is -0.385 e. The Balaban J connectivity index is 4.74. The lowest BCUT2D eigenvalue weighted by Crippen LogP contribution is -2.36. The molecule has 0 saturated heterocycles. The van der Waals surface area contributed by atoms with Gasteiger partial charge in [-0.25, -0.2) is 0 Å². The molecular weight excluding hydrogens is 310 g/mol. The maximum Gasteiger partial charge on any atom is 0.223 e. The molecule has 0 aromatic rings. The van der Waals surface area contributed by atoms with E-state index in [9.17, 15) is 4.79 Å². The van der Waals surface area contributed by atoms with Crippen molar-refractivity contribution < 1.29 is 9.53 Å². The van der Waals surface area contributed by atoms with Gasteiger partial charge in [0.1, 0.15) is 0 Å². The average molecular weight is 356 g/mol. The molecule has 150 valence electrons. The van der Waals surface area contributed by atoms with E-state index in [1.165, 1.54) is 6.42 Å². The Kier molecular flexibility index (Phi) is 11.0. The Hall–Kier alpha value is -0.570. The van der Waals surface area contributed by atoms with E-state index in [2.05, 4.69) is 60.7 Å². The molecule has 3 nitrogen and oxygen atoms in total. The van der Waals surface area contributed by atoms with Crippen LogP contribution in [0.15, 0.2) is 0 Å². The number of amides is 1. The van der Waals surface area contributed by atoms with Crippen LogP contribution in [-0.4, -0.2) is 26.2 Å². The van der Waals surface area contributed by atoms with Crippen LogP contribution in [0.2, 0.25) is 0 Å². The molecule has 0 fully saturated rings. The lowest BCUT2D eigenvalue weighted by Gasteiger charge is -2.30.